The van der Waals surface area contributed by atoms with Crippen molar-refractivity contribution in [3.63, 3.8) is 0 Å². The Hall–Kier alpha value is -1.12. The molecule has 2 rings (SSSR count). The van der Waals surface area contributed by atoms with Gasteiger partial charge in [-0.3, -0.25) is 0 Å². The lowest BCUT2D eigenvalue weighted by Crippen LogP contribution is -1.87. The third kappa shape index (κ3) is 5.17. The molecule has 0 heterocycles. The molecule has 0 atom stereocenters. The minimum Gasteiger partial charge on any atom is -0.133 e. The van der Waals surface area contributed by atoms with Gasteiger partial charge in [0.15, 0.2) is 0 Å². The van der Waals surface area contributed by atoms with E-state index in [1.807, 2.05) is 29.6 Å². The highest BCUT2D eigenvalue weighted by Gasteiger charge is 2.07. The highest BCUT2D eigenvalue weighted by Crippen LogP contribution is 2.36. The van der Waals surface area contributed by atoms with Gasteiger partial charge in [0, 0.05) is 11.5 Å². The van der Waals surface area contributed by atoms with Gasteiger partial charge in [-0.15, -0.1) is 30.1 Å². The molecule has 0 aliphatic carbocycles. The smallest absolute Gasteiger partial charge is 0.107 e. The fraction of sp³-hybridized carbons (Fsp3) is 0.118. The standard InChI is InChI=1S/C17H17S2/c1-2-17(18-13-15-9-5-3-6-10-15)19-14-16-11-7-4-8-12-16/h2-12H,1,13-14H2. The van der Waals surface area contributed by atoms with Crippen molar-refractivity contribution in [1.82, 2.24) is 0 Å². The van der Waals surface area contributed by atoms with Crippen LogP contribution in [0.5, 0.6) is 0 Å². The molecule has 0 saturated heterocycles. The second-order valence-corrected chi connectivity index (χ2v) is 6.36. The van der Waals surface area contributed by atoms with Gasteiger partial charge < -0.3 is 0 Å². The van der Waals surface area contributed by atoms with Crippen LogP contribution in [0.2, 0.25) is 0 Å². The predicted molar refractivity (Wildman–Crippen MR) is 88.9 cm³/mol. The van der Waals surface area contributed by atoms with Crippen molar-refractivity contribution in [3.8, 4) is 0 Å². The summed E-state index contributed by atoms with van der Waals surface area (Å²) in [7, 11) is 0. The maximum atomic E-state index is 3.91. The second kappa shape index (κ2) is 8.13. The first kappa shape index (κ1) is 14.3. The van der Waals surface area contributed by atoms with Crippen LogP contribution in [0.3, 0.4) is 0 Å². The zero-order chi connectivity index (χ0) is 13.3. The summed E-state index contributed by atoms with van der Waals surface area (Å²) in [6, 6.07) is 21.1. The maximum absolute atomic E-state index is 3.91. The summed E-state index contributed by atoms with van der Waals surface area (Å²) in [6.07, 6.45) is 1.96. The molecule has 97 valence electrons. The molecule has 2 aromatic carbocycles. The first-order chi connectivity index (χ1) is 9.38. The molecule has 0 N–H and O–H groups in total. The lowest BCUT2D eigenvalue weighted by Gasteiger charge is -2.11. The normalized spacial score (nSPS) is 10.6. The molecule has 0 nitrogen and oxygen atoms in total. The molecule has 0 aliphatic heterocycles. The second-order valence-electron chi connectivity index (χ2n) is 4.07. The molecular formula is C17H17S2. The number of thioether (sulfide) groups is 2. The van der Waals surface area contributed by atoms with Crippen LogP contribution in [0.1, 0.15) is 11.1 Å². The molecule has 2 heteroatoms. The van der Waals surface area contributed by atoms with Gasteiger partial charge >= 0.3 is 0 Å². The Balaban J connectivity index is 1.79. The average molecular weight is 285 g/mol. The van der Waals surface area contributed by atoms with E-state index in [-0.39, 0.29) is 0 Å². The summed E-state index contributed by atoms with van der Waals surface area (Å²) in [5.41, 5.74) is 2.71. The Morgan fingerprint density at radius 1 is 0.789 bits per heavy atom. The van der Waals surface area contributed by atoms with E-state index in [4.69, 9.17) is 0 Å². The molecule has 0 amide bonds. The Morgan fingerprint density at radius 3 is 1.58 bits per heavy atom. The van der Waals surface area contributed by atoms with Gasteiger partial charge in [0.2, 0.25) is 0 Å². The van der Waals surface area contributed by atoms with E-state index < -0.39 is 0 Å². The minimum atomic E-state index is 1.00. The summed E-state index contributed by atoms with van der Waals surface area (Å²) in [6.45, 7) is 3.91. The van der Waals surface area contributed by atoms with Gasteiger partial charge in [-0.1, -0.05) is 66.7 Å². The van der Waals surface area contributed by atoms with E-state index in [0.29, 0.717) is 0 Å². The highest BCUT2D eigenvalue weighted by molar-refractivity contribution is 8.20. The Kier molecular flexibility index (Phi) is 6.12. The van der Waals surface area contributed by atoms with Gasteiger partial charge in [0.25, 0.3) is 0 Å². The average Bonchev–Trinajstić information content (AvgIpc) is 2.49. The highest BCUT2D eigenvalue weighted by atomic mass is 32.2. The molecule has 0 bridgehead atoms. The molecule has 0 spiro atoms. The van der Waals surface area contributed by atoms with Gasteiger partial charge in [-0.05, 0) is 11.1 Å². The molecule has 0 fully saturated rings. The van der Waals surface area contributed by atoms with Crippen LogP contribution in [0, 0.1) is 4.58 Å². The molecule has 0 aromatic heterocycles. The van der Waals surface area contributed by atoms with Crippen LogP contribution in [0.25, 0.3) is 0 Å². The van der Waals surface area contributed by atoms with Crippen molar-refractivity contribution >= 4 is 23.5 Å². The monoisotopic (exact) mass is 285 g/mol. The summed E-state index contributed by atoms with van der Waals surface area (Å²) in [5, 5.41) is 0. The van der Waals surface area contributed by atoms with Crippen molar-refractivity contribution < 1.29 is 0 Å². The van der Waals surface area contributed by atoms with Crippen LogP contribution >= 0.6 is 23.5 Å². The van der Waals surface area contributed by atoms with E-state index in [9.17, 15) is 0 Å². The van der Waals surface area contributed by atoms with E-state index in [2.05, 4.69) is 67.2 Å². The summed E-state index contributed by atoms with van der Waals surface area (Å²) in [5.74, 6) is 2.01. The molecule has 0 saturated carbocycles. The lowest BCUT2D eigenvalue weighted by molar-refractivity contribution is 1.41. The molecule has 2 aromatic rings. The molecule has 19 heavy (non-hydrogen) atoms. The van der Waals surface area contributed by atoms with Crippen LogP contribution < -0.4 is 0 Å². The SMILES string of the molecule is C=C[C](SCc1ccccc1)SCc1ccccc1. The van der Waals surface area contributed by atoms with Gasteiger partial charge in [0.1, 0.15) is 4.58 Å². The Labute approximate surface area is 124 Å². The molecule has 1 radical (unpaired) electrons. The van der Waals surface area contributed by atoms with Crippen LogP contribution in [-0.2, 0) is 11.5 Å². The van der Waals surface area contributed by atoms with Crippen molar-refractivity contribution in [2.75, 3.05) is 0 Å². The number of hydrogen-bond donors (Lipinski definition) is 0. The number of hydrogen-bond acceptors (Lipinski definition) is 2. The fourth-order valence-electron chi connectivity index (χ4n) is 1.62. The summed E-state index contributed by atoms with van der Waals surface area (Å²) < 4.78 is 1.28. The van der Waals surface area contributed by atoms with Crippen LogP contribution in [0.4, 0.5) is 0 Å². The van der Waals surface area contributed by atoms with Crippen molar-refractivity contribution in [3.05, 3.63) is 89.0 Å². The fourth-order valence-corrected chi connectivity index (χ4v) is 3.54. The quantitative estimate of drug-likeness (QED) is 0.656. The topological polar surface area (TPSA) is 0 Å². The molecular weight excluding hydrogens is 268 g/mol. The Bertz CT molecular complexity index is 436. The minimum absolute atomic E-state index is 1.00. The molecule has 0 aliphatic rings. The summed E-state index contributed by atoms with van der Waals surface area (Å²) in [4.78, 5) is 0. The third-order valence-electron chi connectivity index (χ3n) is 2.61. The number of rotatable bonds is 7. The largest absolute Gasteiger partial charge is 0.133 e. The van der Waals surface area contributed by atoms with E-state index in [1.54, 1.807) is 0 Å². The first-order valence-corrected chi connectivity index (χ1v) is 8.18. The van der Waals surface area contributed by atoms with E-state index >= 15 is 0 Å². The number of benzene rings is 2. The van der Waals surface area contributed by atoms with Crippen molar-refractivity contribution in [1.29, 1.82) is 0 Å². The van der Waals surface area contributed by atoms with E-state index in [1.165, 1.54) is 15.7 Å². The van der Waals surface area contributed by atoms with Crippen molar-refractivity contribution in [2.24, 2.45) is 0 Å². The summed E-state index contributed by atoms with van der Waals surface area (Å²) >= 11 is 3.71. The first-order valence-electron chi connectivity index (χ1n) is 6.21. The van der Waals surface area contributed by atoms with Gasteiger partial charge in [0.05, 0.1) is 0 Å². The maximum Gasteiger partial charge on any atom is 0.107 e. The zero-order valence-corrected chi connectivity index (χ0v) is 12.4. The van der Waals surface area contributed by atoms with Gasteiger partial charge in [-0.2, -0.15) is 0 Å². The van der Waals surface area contributed by atoms with Crippen LogP contribution in [-0.4, -0.2) is 0 Å². The lowest BCUT2D eigenvalue weighted by atomic mass is 10.2. The third-order valence-corrected chi connectivity index (χ3v) is 5.18. The van der Waals surface area contributed by atoms with Crippen molar-refractivity contribution in [2.45, 2.75) is 11.5 Å². The zero-order valence-electron chi connectivity index (χ0n) is 10.8. The van der Waals surface area contributed by atoms with Gasteiger partial charge in [-0.25, -0.2) is 0 Å². The van der Waals surface area contributed by atoms with Crippen LogP contribution in [0.15, 0.2) is 73.3 Å². The predicted octanol–water partition coefficient (Wildman–Crippen LogP) is 5.53. The van der Waals surface area contributed by atoms with E-state index in [0.717, 1.165) is 11.5 Å². The molecule has 0 unspecified atom stereocenters. The Morgan fingerprint density at radius 2 is 1.21 bits per heavy atom.